The summed E-state index contributed by atoms with van der Waals surface area (Å²) in [6, 6.07) is 0. The van der Waals surface area contributed by atoms with Gasteiger partial charge in [-0.1, -0.05) is 19.8 Å². The second-order valence-corrected chi connectivity index (χ2v) is 5.08. The van der Waals surface area contributed by atoms with E-state index in [-0.39, 0.29) is 0 Å². The van der Waals surface area contributed by atoms with Crippen molar-refractivity contribution in [2.75, 3.05) is 13.1 Å². The summed E-state index contributed by atoms with van der Waals surface area (Å²) in [6.45, 7) is 4.26. The van der Waals surface area contributed by atoms with Gasteiger partial charge in [0.25, 0.3) is 0 Å². The first-order valence-corrected chi connectivity index (χ1v) is 6.02. The lowest BCUT2D eigenvalue weighted by molar-refractivity contribution is -0.127. The molecule has 1 saturated heterocycles. The molecule has 0 aromatic heterocycles. The minimum atomic E-state index is 0.321. The number of ketones is 1. The van der Waals surface area contributed by atoms with Crippen LogP contribution in [-0.2, 0) is 4.79 Å². The molecular weight excluding hydrogens is 174 g/mol. The zero-order valence-corrected chi connectivity index (χ0v) is 9.09. The Hall–Kier alpha value is -0.370. The highest BCUT2D eigenvalue weighted by Crippen LogP contribution is 2.30. The summed E-state index contributed by atoms with van der Waals surface area (Å²) in [6.07, 6.45) is 5.97. The van der Waals surface area contributed by atoms with Gasteiger partial charge in [0, 0.05) is 18.4 Å². The molecule has 0 aromatic carbocycles. The first-order chi connectivity index (χ1) is 6.77. The molecule has 1 N–H and O–H groups in total. The van der Waals surface area contributed by atoms with E-state index in [0.717, 1.165) is 32.4 Å². The van der Waals surface area contributed by atoms with Crippen molar-refractivity contribution < 1.29 is 4.79 Å². The number of nitrogens with one attached hydrogen (secondary N) is 1. The molecule has 2 fully saturated rings. The number of hydrogen-bond acceptors (Lipinski definition) is 2. The summed E-state index contributed by atoms with van der Waals surface area (Å²) >= 11 is 0. The third-order valence-corrected chi connectivity index (χ3v) is 3.73. The number of piperidine rings is 1. The minimum absolute atomic E-state index is 0.321. The first-order valence-electron chi connectivity index (χ1n) is 6.02. The zero-order valence-electron chi connectivity index (χ0n) is 9.09. The fourth-order valence-electron chi connectivity index (χ4n) is 2.92. The molecule has 0 amide bonds. The molecule has 1 saturated carbocycles. The minimum Gasteiger partial charge on any atom is -0.316 e. The molecule has 1 aliphatic heterocycles. The molecule has 2 rings (SSSR count). The lowest BCUT2D eigenvalue weighted by Crippen LogP contribution is -2.40. The topological polar surface area (TPSA) is 29.1 Å². The van der Waals surface area contributed by atoms with Crippen molar-refractivity contribution in [3.8, 4) is 0 Å². The Kier molecular flexibility index (Phi) is 3.22. The molecule has 2 nitrogen and oxygen atoms in total. The van der Waals surface area contributed by atoms with E-state index in [1.54, 1.807) is 0 Å². The Morgan fingerprint density at radius 3 is 2.50 bits per heavy atom. The number of rotatable bonds is 2. The normalized spacial score (nSPS) is 34.6. The van der Waals surface area contributed by atoms with Crippen molar-refractivity contribution >= 4 is 5.78 Å². The number of Topliss-reactive ketones (excluding diaryl/α,β-unsaturated/α-hetero) is 1. The van der Waals surface area contributed by atoms with Gasteiger partial charge in [-0.15, -0.1) is 0 Å². The largest absolute Gasteiger partial charge is 0.316 e. The molecule has 2 unspecified atom stereocenters. The standard InChI is InChI=1S/C12H21NO/c1-9-6-11(8-13-7-9)12(14)10-4-2-3-5-10/h9-11,13H,2-8H2,1H3. The van der Waals surface area contributed by atoms with Gasteiger partial charge in [-0.2, -0.15) is 0 Å². The predicted octanol–water partition coefficient (Wildman–Crippen LogP) is 1.99. The zero-order chi connectivity index (χ0) is 9.97. The maximum atomic E-state index is 12.1. The van der Waals surface area contributed by atoms with E-state index in [2.05, 4.69) is 12.2 Å². The van der Waals surface area contributed by atoms with Crippen LogP contribution < -0.4 is 5.32 Å². The van der Waals surface area contributed by atoms with Gasteiger partial charge in [-0.05, 0) is 31.7 Å². The molecule has 1 heterocycles. The molecule has 80 valence electrons. The summed E-state index contributed by atoms with van der Waals surface area (Å²) in [5.41, 5.74) is 0. The van der Waals surface area contributed by atoms with Gasteiger partial charge in [0.1, 0.15) is 5.78 Å². The van der Waals surface area contributed by atoms with E-state index >= 15 is 0 Å². The number of carbonyl (C=O) groups is 1. The summed E-state index contributed by atoms with van der Waals surface area (Å²) in [5.74, 6) is 1.97. The summed E-state index contributed by atoms with van der Waals surface area (Å²) < 4.78 is 0. The van der Waals surface area contributed by atoms with Gasteiger partial charge in [0.15, 0.2) is 0 Å². The smallest absolute Gasteiger partial charge is 0.140 e. The highest BCUT2D eigenvalue weighted by atomic mass is 16.1. The summed E-state index contributed by atoms with van der Waals surface area (Å²) in [4.78, 5) is 12.1. The van der Waals surface area contributed by atoms with Crippen molar-refractivity contribution in [2.24, 2.45) is 17.8 Å². The maximum absolute atomic E-state index is 12.1. The van der Waals surface area contributed by atoms with E-state index in [1.165, 1.54) is 12.8 Å². The second kappa shape index (κ2) is 4.43. The Bertz CT molecular complexity index is 208. The van der Waals surface area contributed by atoms with Crippen molar-refractivity contribution in [1.82, 2.24) is 5.32 Å². The van der Waals surface area contributed by atoms with Crippen LogP contribution in [0, 0.1) is 17.8 Å². The SMILES string of the molecule is CC1CNCC(C(=O)C2CCCC2)C1. The van der Waals surface area contributed by atoms with Crippen LogP contribution in [0.4, 0.5) is 0 Å². The van der Waals surface area contributed by atoms with Crippen molar-refractivity contribution in [3.05, 3.63) is 0 Å². The number of carbonyl (C=O) groups excluding carboxylic acids is 1. The fourth-order valence-corrected chi connectivity index (χ4v) is 2.92. The van der Waals surface area contributed by atoms with E-state index in [4.69, 9.17) is 0 Å². The Labute approximate surface area is 86.5 Å². The van der Waals surface area contributed by atoms with Crippen LogP contribution in [0.3, 0.4) is 0 Å². The summed E-state index contributed by atoms with van der Waals surface area (Å²) in [5, 5.41) is 3.37. The second-order valence-electron chi connectivity index (χ2n) is 5.08. The molecule has 1 aliphatic carbocycles. The van der Waals surface area contributed by atoms with Crippen molar-refractivity contribution in [3.63, 3.8) is 0 Å². The van der Waals surface area contributed by atoms with Gasteiger partial charge in [0.05, 0.1) is 0 Å². The van der Waals surface area contributed by atoms with Gasteiger partial charge in [0.2, 0.25) is 0 Å². The van der Waals surface area contributed by atoms with Crippen LogP contribution in [0.25, 0.3) is 0 Å². The Morgan fingerprint density at radius 1 is 1.14 bits per heavy atom. The van der Waals surface area contributed by atoms with E-state index < -0.39 is 0 Å². The third kappa shape index (κ3) is 2.17. The lowest BCUT2D eigenvalue weighted by atomic mass is 9.83. The van der Waals surface area contributed by atoms with Gasteiger partial charge >= 0.3 is 0 Å². The molecule has 0 bridgehead atoms. The third-order valence-electron chi connectivity index (χ3n) is 3.73. The van der Waals surface area contributed by atoms with Gasteiger partial charge in [-0.3, -0.25) is 4.79 Å². The highest BCUT2D eigenvalue weighted by Gasteiger charge is 2.31. The Morgan fingerprint density at radius 2 is 1.86 bits per heavy atom. The van der Waals surface area contributed by atoms with Gasteiger partial charge in [-0.25, -0.2) is 0 Å². The molecule has 2 atom stereocenters. The van der Waals surface area contributed by atoms with Crippen LogP contribution in [-0.4, -0.2) is 18.9 Å². The van der Waals surface area contributed by atoms with Crippen LogP contribution in [0.2, 0.25) is 0 Å². The van der Waals surface area contributed by atoms with Crippen LogP contribution >= 0.6 is 0 Å². The van der Waals surface area contributed by atoms with E-state index in [1.807, 2.05) is 0 Å². The molecule has 2 heteroatoms. The fraction of sp³-hybridized carbons (Fsp3) is 0.917. The average Bonchev–Trinajstić information content (AvgIpc) is 2.69. The van der Waals surface area contributed by atoms with Crippen molar-refractivity contribution in [2.45, 2.75) is 39.0 Å². The molecule has 2 aliphatic rings. The molecule has 0 radical (unpaired) electrons. The molecule has 0 aromatic rings. The summed E-state index contributed by atoms with van der Waals surface area (Å²) in [7, 11) is 0. The van der Waals surface area contributed by atoms with Gasteiger partial charge < -0.3 is 5.32 Å². The molecular formula is C12H21NO. The highest BCUT2D eigenvalue weighted by molar-refractivity contribution is 5.84. The van der Waals surface area contributed by atoms with Crippen molar-refractivity contribution in [1.29, 1.82) is 0 Å². The van der Waals surface area contributed by atoms with E-state index in [9.17, 15) is 4.79 Å². The maximum Gasteiger partial charge on any atom is 0.140 e. The number of hydrogen-bond donors (Lipinski definition) is 1. The van der Waals surface area contributed by atoms with E-state index in [0.29, 0.717) is 23.5 Å². The first kappa shape index (κ1) is 10.2. The molecule has 14 heavy (non-hydrogen) atoms. The predicted molar refractivity (Wildman–Crippen MR) is 57.1 cm³/mol. The lowest BCUT2D eigenvalue weighted by Gasteiger charge is -2.28. The molecule has 0 spiro atoms. The monoisotopic (exact) mass is 195 g/mol. The van der Waals surface area contributed by atoms with Crippen LogP contribution in [0.5, 0.6) is 0 Å². The quantitative estimate of drug-likeness (QED) is 0.730. The Balaban J connectivity index is 1.89. The average molecular weight is 195 g/mol. The van der Waals surface area contributed by atoms with Crippen LogP contribution in [0.15, 0.2) is 0 Å². The van der Waals surface area contributed by atoms with Crippen LogP contribution in [0.1, 0.15) is 39.0 Å².